The van der Waals surface area contributed by atoms with Crippen LogP contribution in [0.4, 0.5) is 11.5 Å². The van der Waals surface area contributed by atoms with Gasteiger partial charge in [-0.25, -0.2) is 0 Å². The number of nitrogen functional groups attached to an aromatic ring is 1. The lowest BCUT2D eigenvalue weighted by Crippen LogP contribution is -2.12. The van der Waals surface area contributed by atoms with Crippen molar-refractivity contribution in [2.75, 3.05) is 11.1 Å². The predicted octanol–water partition coefficient (Wildman–Crippen LogP) is 3.40. The van der Waals surface area contributed by atoms with Crippen LogP contribution in [0, 0.1) is 0 Å². The maximum absolute atomic E-state index is 12.3. The van der Waals surface area contributed by atoms with E-state index in [2.05, 4.69) is 15.5 Å². The number of hydrogen-bond acceptors (Lipinski definition) is 4. The molecule has 2 aromatic carbocycles. The number of aromatic amines is 1. The fourth-order valence-corrected chi connectivity index (χ4v) is 2.78. The summed E-state index contributed by atoms with van der Waals surface area (Å²) in [4.78, 5) is 13.3. The first kappa shape index (κ1) is 14.2. The zero-order chi connectivity index (χ0) is 15.4. The molecule has 0 radical (unpaired) electrons. The number of nitrogens with two attached hydrogens (primary N) is 1. The molecule has 0 fully saturated rings. The minimum absolute atomic E-state index is 0.219. The number of hydrogen-bond donors (Lipinski definition) is 3. The van der Waals surface area contributed by atoms with Crippen LogP contribution in [-0.2, 0) is 0 Å². The summed E-state index contributed by atoms with van der Waals surface area (Å²) < 4.78 is 0. The Morgan fingerprint density at radius 2 is 1.68 bits per heavy atom. The van der Waals surface area contributed by atoms with Gasteiger partial charge in [0.25, 0.3) is 5.91 Å². The third-order valence-corrected chi connectivity index (χ3v) is 3.99. The molecule has 0 aliphatic heterocycles. The van der Waals surface area contributed by atoms with Gasteiger partial charge in [0.05, 0.1) is 0 Å². The quantitative estimate of drug-likeness (QED) is 0.689. The van der Waals surface area contributed by atoms with Crippen LogP contribution in [0.25, 0.3) is 0 Å². The average molecular weight is 310 g/mol. The molecule has 3 rings (SSSR count). The summed E-state index contributed by atoms with van der Waals surface area (Å²) in [6, 6.07) is 18.8. The van der Waals surface area contributed by atoms with Crippen LogP contribution in [0.5, 0.6) is 0 Å². The van der Waals surface area contributed by atoms with Crippen molar-refractivity contribution in [2.24, 2.45) is 0 Å². The molecule has 1 amide bonds. The van der Waals surface area contributed by atoms with Gasteiger partial charge < -0.3 is 11.1 Å². The van der Waals surface area contributed by atoms with Crippen LogP contribution < -0.4 is 11.1 Å². The molecule has 0 atom stereocenters. The Labute approximate surface area is 131 Å². The monoisotopic (exact) mass is 310 g/mol. The van der Waals surface area contributed by atoms with Gasteiger partial charge in [0.2, 0.25) is 0 Å². The minimum Gasteiger partial charge on any atom is -0.382 e. The maximum Gasteiger partial charge on any atom is 0.255 e. The number of anilines is 2. The molecule has 4 N–H and O–H groups in total. The van der Waals surface area contributed by atoms with Crippen LogP contribution in [0.3, 0.4) is 0 Å². The summed E-state index contributed by atoms with van der Waals surface area (Å²) in [6.07, 6.45) is 0. The number of amides is 1. The Balaban J connectivity index is 1.82. The van der Waals surface area contributed by atoms with E-state index < -0.39 is 0 Å². The van der Waals surface area contributed by atoms with Crippen molar-refractivity contribution in [2.45, 2.75) is 9.92 Å². The molecule has 1 heterocycles. The second-order valence-electron chi connectivity index (χ2n) is 4.55. The van der Waals surface area contributed by atoms with Gasteiger partial charge in [0.1, 0.15) is 16.5 Å². The van der Waals surface area contributed by atoms with E-state index >= 15 is 0 Å². The SMILES string of the molecule is Nc1[nH]nc(Sc2ccccc2)c1NC(=O)c1ccccc1. The molecule has 0 saturated heterocycles. The summed E-state index contributed by atoms with van der Waals surface area (Å²) in [5.41, 5.74) is 6.95. The Kier molecular flexibility index (Phi) is 4.11. The molecule has 6 heteroatoms. The van der Waals surface area contributed by atoms with Crippen molar-refractivity contribution in [1.29, 1.82) is 0 Å². The van der Waals surface area contributed by atoms with Crippen LogP contribution in [0.2, 0.25) is 0 Å². The zero-order valence-electron chi connectivity index (χ0n) is 11.6. The molecule has 5 nitrogen and oxygen atoms in total. The van der Waals surface area contributed by atoms with Crippen LogP contribution in [0.15, 0.2) is 70.6 Å². The number of benzene rings is 2. The molecule has 0 spiro atoms. The number of H-pyrrole nitrogens is 1. The standard InChI is InChI=1S/C16H14N4OS/c17-14-13(18-15(21)11-7-3-1-4-8-11)16(20-19-14)22-12-9-5-2-6-10-12/h1-10H,(H,18,21)(H3,17,19,20). The smallest absolute Gasteiger partial charge is 0.255 e. The van der Waals surface area contributed by atoms with Crippen molar-refractivity contribution in [1.82, 2.24) is 10.2 Å². The Morgan fingerprint density at radius 1 is 1.05 bits per heavy atom. The van der Waals surface area contributed by atoms with E-state index in [1.54, 1.807) is 12.1 Å². The first-order chi connectivity index (χ1) is 10.7. The van der Waals surface area contributed by atoms with E-state index in [-0.39, 0.29) is 5.91 Å². The number of aromatic nitrogens is 2. The Bertz CT molecular complexity index is 771. The van der Waals surface area contributed by atoms with Crippen molar-refractivity contribution in [3.05, 3.63) is 66.2 Å². The van der Waals surface area contributed by atoms with E-state index in [1.807, 2.05) is 48.5 Å². The van der Waals surface area contributed by atoms with E-state index in [0.717, 1.165) is 4.90 Å². The number of nitrogens with zero attached hydrogens (tertiary/aromatic N) is 1. The number of carbonyl (C=O) groups excluding carboxylic acids is 1. The fourth-order valence-electron chi connectivity index (χ4n) is 1.91. The zero-order valence-corrected chi connectivity index (χ0v) is 12.4. The highest BCUT2D eigenvalue weighted by Gasteiger charge is 2.16. The lowest BCUT2D eigenvalue weighted by molar-refractivity contribution is 0.102. The first-order valence-electron chi connectivity index (χ1n) is 6.67. The van der Waals surface area contributed by atoms with E-state index in [9.17, 15) is 4.79 Å². The highest BCUT2D eigenvalue weighted by atomic mass is 32.2. The van der Waals surface area contributed by atoms with E-state index in [0.29, 0.717) is 22.1 Å². The topological polar surface area (TPSA) is 83.8 Å². The van der Waals surface area contributed by atoms with Crippen LogP contribution in [-0.4, -0.2) is 16.1 Å². The van der Waals surface area contributed by atoms with Gasteiger partial charge in [0.15, 0.2) is 0 Å². The van der Waals surface area contributed by atoms with Crippen LogP contribution >= 0.6 is 11.8 Å². The minimum atomic E-state index is -0.219. The van der Waals surface area contributed by atoms with Gasteiger partial charge in [-0.2, -0.15) is 5.10 Å². The summed E-state index contributed by atoms with van der Waals surface area (Å²) in [6.45, 7) is 0. The number of carbonyl (C=O) groups is 1. The van der Waals surface area contributed by atoms with Crippen molar-refractivity contribution in [3.63, 3.8) is 0 Å². The third-order valence-electron chi connectivity index (χ3n) is 2.99. The van der Waals surface area contributed by atoms with Crippen molar-refractivity contribution < 1.29 is 4.79 Å². The molecule has 0 saturated carbocycles. The van der Waals surface area contributed by atoms with Crippen LogP contribution in [0.1, 0.15) is 10.4 Å². The summed E-state index contributed by atoms with van der Waals surface area (Å²) in [5, 5.41) is 10.3. The normalized spacial score (nSPS) is 10.4. The summed E-state index contributed by atoms with van der Waals surface area (Å²) >= 11 is 1.44. The predicted molar refractivity (Wildman–Crippen MR) is 88.0 cm³/mol. The van der Waals surface area contributed by atoms with Gasteiger partial charge in [0, 0.05) is 10.5 Å². The molecule has 0 bridgehead atoms. The average Bonchev–Trinajstić information content (AvgIpc) is 2.90. The van der Waals surface area contributed by atoms with Gasteiger partial charge in [-0.1, -0.05) is 48.2 Å². The lowest BCUT2D eigenvalue weighted by atomic mass is 10.2. The van der Waals surface area contributed by atoms with Crippen molar-refractivity contribution >= 4 is 29.2 Å². The molecule has 0 aliphatic rings. The Morgan fingerprint density at radius 3 is 2.36 bits per heavy atom. The molecule has 1 aromatic heterocycles. The number of nitrogens with one attached hydrogen (secondary N) is 2. The molecular weight excluding hydrogens is 296 g/mol. The summed E-state index contributed by atoms with van der Waals surface area (Å²) in [7, 11) is 0. The fraction of sp³-hybridized carbons (Fsp3) is 0. The molecule has 0 aliphatic carbocycles. The molecule has 3 aromatic rings. The van der Waals surface area contributed by atoms with E-state index in [1.165, 1.54) is 11.8 Å². The van der Waals surface area contributed by atoms with Gasteiger partial charge in [-0.3, -0.25) is 9.89 Å². The maximum atomic E-state index is 12.3. The van der Waals surface area contributed by atoms with Crippen molar-refractivity contribution in [3.8, 4) is 0 Å². The van der Waals surface area contributed by atoms with Gasteiger partial charge in [-0.05, 0) is 24.3 Å². The molecule has 0 unspecified atom stereocenters. The highest BCUT2D eigenvalue weighted by molar-refractivity contribution is 7.99. The largest absolute Gasteiger partial charge is 0.382 e. The summed E-state index contributed by atoms with van der Waals surface area (Å²) in [5.74, 6) is 0.117. The highest BCUT2D eigenvalue weighted by Crippen LogP contribution is 2.34. The molecule has 110 valence electrons. The van der Waals surface area contributed by atoms with Gasteiger partial charge in [-0.15, -0.1) is 0 Å². The van der Waals surface area contributed by atoms with Gasteiger partial charge >= 0.3 is 0 Å². The van der Waals surface area contributed by atoms with E-state index in [4.69, 9.17) is 5.73 Å². The third kappa shape index (κ3) is 3.12. The Hall–Kier alpha value is -2.73. The first-order valence-corrected chi connectivity index (χ1v) is 7.49. The second kappa shape index (κ2) is 6.36. The number of rotatable bonds is 4. The lowest BCUT2D eigenvalue weighted by Gasteiger charge is -2.06. The second-order valence-corrected chi connectivity index (χ2v) is 5.61. The molecular formula is C16H14N4OS. The molecule has 22 heavy (non-hydrogen) atoms.